The second-order valence-electron chi connectivity index (χ2n) is 7.52. The van der Waals surface area contributed by atoms with Crippen molar-refractivity contribution in [2.24, 2.45) is 5.73 Å². The third-order valence-electron chi connectivity index (χ3n) is 4.50. The number of hydrogen-bond donors (Lipinski definition) is 2. The van der Waals surface area contributed by atoms with Crippen LogP contribution in [0.15, 0.2) is 42.6 Å². The molecule has 0 spiro atoms. The number of carbonyl (C=O) groups excluding carboxylic acids is 1. The van der Waals surface area contributed by atoms with Gasteiger partial charge < -0.3 is 11.1 Å². The molecule has 3 heterocycles. The lowest BCUT2D eigenvalue weighted by molar-refractivity contribution is -0.126. The van der Waals surface area contributed by atoms with Crippen molar-refractivity contribution in [3.8, 4) is 0 Å². The van der Waals surface area contributed by atoms with Gasteiger partial charge >= 0.3 is 0 Å². The SMILES string of the molecule is Cc1ccc2nnc([C@@H](Cc3nc4ccccc4s3)NC(=O)C(C)(C)N)n2c1. The average Bonchev–Trinajstić information content (AvgIpc) is 3.23. The fourth-order valence-corrected chi connectivity index (χ4v) is 4.00. The van der Waals surface area contributed by atoms with Crippen LogP contribution in [-0.4, -0.2) is 31.0 Å². The Kier molecular flexibility index (Phi) is 4.60. The fraction of sp³-hybridized carbons (Fsp3) is 0.300. The summed E-state index contributed by atoms with van der Waals surface area (Å²) >= 11 is 1.61. The molecule has 4 aromatic rings. The maximum absolute atomic E-state index is 12.6. The van der Waals surface area contributed by atoms with Gasteiger partial charge in [-0.05, 0) is 44.5 Å². The van der Waals surface area contributed by atoms with E-state index in [9.17, 15) is 4.79 Å². The van der Waals surface area contributed by atoms with E-state index in [1.54, 1.807) is 25.2 Å². The number of nitrogens with one attached hydrogen (secondary N) is 1. The van der Waals surface area contributed by atoms with E-state index in [-0.39, 0.29) is 5.91 Å². The first-order chi connectivity index (χ1) is 13.3. The van der Waals surface area contributed by atoms with Crippen molar-refractivity contribution >= 4 is 33.1 Å². The van der Waals surface area contributed by atoms with E-state index in [1.165, 1.54) is 0 Å². The predicted octanol–water partition coefficient (Wildman–Crippen LogP) is 2.78. The summed E-state index contributed by atoms with van der Waals surface area (Å²) in [7, 11) is 0. The van der Waals surface area contributed by atoms with Crippen LogP contribution in [0.5, 0.6) is 0 Å². The molecule has 1 atom stereocenters. The van der Waals surface area contributed by atoms with Gasteiger partial charge in [-0.3, -0.25) is 9.20 Å². The largest absolute Gasteiger partial charge is 0.344 e. The van der Waals surface area contributed by atoms with Crippen molar-refractivity contribution in [2.45, 2.75) is 38.8 Å². The van der Waals surface area contributed by atoms with Gasteiger partial charge in [0.15, 0.2) is 11.5 Å². The highest BCUT2D eigenvalue weighted by molar-refractivity contribution is 7.18. The number of pyridine rings is 1. The molecule has 0 aliphatic rings. The van der Waals surface area contributed by atoms with Crippen LogP contribution in [-0.2, 0) is 11.2 Å². The average molecular weight is 395 g/mol. The molecule has 144 valence electrons. The molecule has 0 aliphatic carbocycles. The number of benzene rings is 1. The van der Waals surface area contributed by atoms with Gasteiger partial charge in [0.1, 0.15) is 0 Å². The first-order valence-electron chi connectivity index (χ1n) is 9.07. The highest BCUT2D eigenvalue weighted by atomic mass is 32.1. The first-order valence-corrected chi connectivity index (χ1v) is 9.88. The zero-order chi connectivity index (χ0) is 19.9. The molecule has 0 unspecified atom stereocenters. The van der Waals surface area contributed by atoms with Crippen molar-refractivity contribution in [3.05, 3.63) is 59.0 Å². The fourth-order valence-electron chi connectivity index (χ4n) is 2.99. The molecule has 0 bridgehead atoms. The molecule has 28 heavy (non-hydrogen) atoms. The highest BCUT2D eigenvalue weighted by Crippen LogP contribution is 2.26. The Morgan fingerprint density at radius 1 is 1.25 bits per heavy atom. The van der Waals surface area contributed by atoms with E-state index in [0.29, 0.717) is 12.2 Å². The monoisotopic (exact) mass is 394 g/mol. The predicted molar refractivity (Wildman–Crippen MR) is 110 cm³/mol. The van der Waals surface area contributed by atoms with Crippen molar-refractivity contribution in [1.29, 1.82) is 0 Å². The molecule has 4 rings (SSSR count). The third-order valence-corrected chi connectivity index (χ3v) is 5.55. The summed E-state index contributed by atoms with van der Waals surface area (Å²) in [6.07, 6.45) is 2.48. The Bertz CT molecular complexity index is 1120. The van der Waals surface area contributed by atoms with E-state index in [0.717, 1.165) is 26.4 Å². The van der Waals surface area contributed by atoms with Gasteiger partial charge in [-0.15, -0.1) is 21.5 Å². The lowest BCUT2D eigenvalue weighted by Crippen LogP contribution is -2.50. The van der Waals surface area contributed by atoms with Crippen molar-refractivity contribution in [3.63, 3.8) is 0 Å². The lowest BCUT2D eigenvalue weighted by atomic mass is 10.0. The van der Waals surface area contributed by atoms with Crippen LogP contribution in [0.3, 0.4) is 0 Å². The van der Waals surface area contributed by atoms with Crippen LogP contribution in [0.25, 0.3) is 15.9 Å². The molecule has 1 aromatic carbocycles. The van der Waals surface area contributed by atoms with Gasteiger partial charge in [0.2, 0.25) is 5.91 Å². The second kappa shape index (κ2) is 6.96. The number of nitrogens with zero attached hydrogens (tertiary/aromatic N) is 4. The zero-order valence-corrected chi connectivity index (χ0v) is 16.8. The normalized spacial score (nSPS) is 13.1. The minimum absolute atomic E-state index is 0.247. The van der Waals surface area contributed by atoms with Gasteiger partial charge in [0.25, 0.3) is 0 Å². The number of thiazole rings is 1. The number of aromatic nitrogens is 4. The van der Waals surface area contributed by atoms with Gasteiger partial charge in [-0.2, -0.15) is 0 Å². The van der Waals surface area contributed by atoms with Crippen LogP contribution in [0.1, 0.15) is 36.3 Å². The first kappa shape index (κ1) is 18.5. The molecule has 0 aliphatic heterocycles. The Balaban J connectivity index is 1.74. The van der Waals surface area contributed by atoms with Crippen LogP contribution in [0.2, 0.25) is 0 Å². The van der Waals surface area contributed by atoms with Crippen LogP contribution >= 0.6 is 11.3 Å². The standard InChI is InChI=1S/C20H22N6OS/c1-12-8-9-16-24-25-18(26(16)11-12)14(23-19(27)20(2,3)21)10-17-22-13-6-4-5-7-15(13)28-17/h4-9,11,14H,10,21H2,1-3H3,(H,23,27)/t14-/m1/s1. The summed E-state index contributed by atoms with van der Waals surface area (Å²) in [5, 5.41) is 12.6. The van der Waals surface area contributed by atoms with Gasteiger partial charge in [0.05, 0.1) is 26.8 Å². The minimum atomic E-state index is -0.998. The number of para-hydroxylation sites is 1. The number of nitrogens with two attached hydrogens (primary N) is 1. The van der Waals surface area contributed by atoms with Crippen LogP contribution in [0, 0.1) is 6.92 Å². The number of carbonyl (C=O) groups is 1. The third kappa shape index (κ3) is 3.61. The molecule has 0 radical (unpaired) electrons. The Labute approximate surface area is 166 Å². The Morgan fingerprint density at radius 2 is 2.04 bits per heavy atom. The van der Waals surface area contributed by atoms with E-state index in [2.05, 4.69) is 15.5 Å². The van der Waals surface area contributed by atoms with Gasteiger partial charge in [-0.1, -0.05) is 18.2 Å². The molecule has 0 saturated carbocycles. The molecular weight excluding hydrogens is 372 g/mol. The van der Waals surface area contributed by atoms with E-state index < -0.39 is 11.6 Å². The second-order valence-corrected chi connectivity index (χ2v) is 8.64. The maximum Gasteiger partial charge on any atom is 0.240 e. The number of fused-ring (bicyclic) bond motifs is 2. The van der Waals surface area contributed by atoms with Crippen LogP contribution in [0.4, 0.5) is 0 Å². The molecule has 3 N–H and O–H groups in total. The Hall–Kier alpha value is -2.84. The summed E-state index contributed by atoms with van der Waals surface area (Å²) in [6, 6.07) is 11.5. The van der Waals surface area contributed by atoms with Gasteiger partial charge in [0, 0.05) is 12.6 Å². The summed E-state index contributed by atoms with van der Waals surface area (Å²) in [5.74, 6) is 0.415. The van der Waals surface area contributed by atoms with E-state index >= 15 is 0 Å². The maximum atomic E-state index is 12.6. The number of amides is 1. The number of hydrogen-bond acceptors (Lipinski definition) is 6. The lowest BCUT2D eigenvalue weighted by Gasteiger charge is -2.23. The van der Waals surface area contributed by atoms with Gasteiger partial charge in [-0.25, -0.2) is 4.98 Å². The molecule has 8 heteroatoms. The Morgan fingerprint density at radius 3 is 2.79 bits per heavy atom. The van der Waals surface area contributed by atoms with Crippen LogP contribution < -0.4 is 11.1 Å². The van der Waals surface area contributed by atoms with E-state index in [1.807, 2.05) is 53.9 Å². The summed E-state index contributed by atoms with van der Waals surface area (Å²) in [6.45, 7) is 5.37. The van der Waals surface area contributed by atoms with Crippen molar-refractivity contribution in [2.75, 3.05) is 0 Å². The summed E-state index contributed by atoms with van der Waals surface area (Å²) in [4.78, 5) is 17.3. The van der Waals surface area contributed by atoms with Crippen molar-refractivity contribution < 1.29 is 4.79 Å². The molecule has 1 amide bonds. The molecule has 0 fully saturated rings. The zero-order valence-electron chi connectivity index (χ0n) is 16.0. The summed E-state index contributed by atoms with van der Waals surface area (Å²) in [5.41, 5.74) is 7.77. The number of rotatable bonds is 5. The smallest absolute Gasteiger partial charge is 0.240 e. The topological polar surface area (TPSA) is 98.2 Å². The highest BCUT2D eigenvalue weighted by Gasteiger charge is 2.28. The molecule has 0 saturated heterocycles. The quantitative estimate of drug-likeness (QED) is 0.542. The summed E-state index contributed by atoms with van der Waals surface area (Å²) < 4.78 is 3.03. The molecule has 7 nitrogen and oxygen atoms in total. The van der Waals surface area contributed by atoms with E-state index in [4.69, 9.17) is 10.7 Å². The molecular formula is C20H22N6OS. The minimum Gasteiger partial charge on any atom is -0.344 e. The van der Waals surface area contributed by atoms with Crippen molar-refractivity contribution in [1.82, 2.24) is 24.9 Å². The molecule has 3 aromatic heterocycles. The number of aryl methyl sites for hydroxylation is 1.